The minimum absolute atomic E-state index is 0.133. The smallest absolute Gasteiger partial charge is 0.336 e. The summed E-state index contributed by atoms with van der Waals surface area (Å²) in [6, 6.07) is 8.37. The number of carbonyl (C=O) groups excluding carboxylic acids is 1. The molecule has 26 heavy (non-hydrogen) atoms. The van der Waals surface area contributed by atoms with E-state index in [1.807, 2.05) is 13.0 Å². The Labute approximate surface area is 148 Å². The number of aliphatic hydroxyl groups excluding tert-OH is 1. The molecule has 3 atom stereocenters. The first-order chi connectivity index (χ1) is 12.5. The molecule has 2 aromatic rings. The van der Waals surface area contributed by atoms with Crippen LogP contribution in [0.25, 0.3) is 11.0 Å². The summed E-state index contributed by atoms with van der Waals surface area (Å²) in [6.45, 7) is 1.94. The maximum Gasteiger partial charge on any atom is 0.336 e. The van der Waals surface area contributed by atoms with Crippen molar-refractivity contribution >= 4 is 16.9 Å². The molecular weight excluding hydrogens is 340 g/mol. The number of cyclic esters (lactones) is 1. The van der Waals surface area contributed by atoms with Crippen molar-refractivity contribution in [3.63, 3.8) is 0 Å². The maximum absolute atomic E-state index is 11.5. The zero-order chi connectivity index (χ0) is 18.3. The summed E-state index contributed by atoms with van der Waals surface area (Å²) in [5.74, 6) is 0.103. The van der Waals surface area contributed by atoms with Crippen LogP contribution in [0.3, 0.4) is 0 Å². The van der Waals surface area contributed by atoms with Gasteiger partial charge < -0.3 is 23.7 Å². The molecule has 2 aliphatic heterocycles. The topological polar surface area (TPSA) is 98.5 Å². The Hall–Kier alpha value is -2.64. The van der Waals surface area contributed by atoms with Crippen molar-refractivity contribution < 1.29 is 28.5 Å². The maximum atomic E-state index is 11.5. The minimum atomic E-state index is -0.479. The van der Waals surface area contributed by atoms with Crippen molar-refractivity contribution in [2.75, 3.05) is 13.2 Å². The first-order valence-electron chi connectivity index (χ1n) is 8.34. The first kappa shape index (κ1) is 16.8. The molecule has 0 saturated carbocycles. The van der Waals surface area contributed by atoms with Crippen LogP contribution in [0.2, 0.25) is 0 Å². The number of carbonyl (C=O) groups is 1. The van der Waals surface area contributed by atoms with E-state index in [0.717, 1.165) is 5.39 Å². The number of benzene rings is 1. The fraction of sp³-hybridized carbons (Fsp3) is 0.368. The van der Waals surface area contributed by atoms with E-state index >= 15 is 0 Å². The number of fused-ring (bicyclic) bond motifs is 1. The molecule has 0 radical (unpaired) electrons. The Morgan fingerprint density at radius 2 is 2.04 bits per heavy atom. The van der Waals surface area contributed by atoms with Crippen molar-refractivity contribution in [1.29, 1.82) is 0 Å². The molecule has 0 unspecified atom stereocenters. The van der Waals surface area contributed by atoms with Gasteiger partial charge >= 0.3 is 11.6 Å². The summed E-state index contributed by atoms with van der Waals surface area (Å²) in [7, 11) is 0. The summed E-state index contributed by atoms with van der Waals surface area (Å²) >= 11 is 0. The third kappa shape index (κ3) is 3.23. The van der Waals surface area contributed by atoms with Crippen LogP contribution in [0.4, 0.5) is 0 Å². The van der Waals surface area contributed by atoms with Crippen LogP contribution in [-0.2, 0) is 14.3 Å². The van der Waals surface area contributed by atoms with Crippen LogP contribution in [0.1, 0.15) is 13.3 Å². The van der Waals surface area contributed by atoms with Crippen molar-refractivity contribution in [3.05, 3.63) is 52.4 Å². The molecule has 1 saturated heterocycles. The monoisotopic (exact) mass is 358 g/mol. The minimum Gasteiger partial charge on any atom is -0.491 e. The summed E-state index contributed by atoms with van der Waals surface area (Å²) < 4.78 is 21.8. The number of hydrogen-bond donors (Lipinski definition) is 1. The quantitative estimate of drug-likeness (QED) is 0.475. The van der Waals surface area contributed by atoms with Gasteiger partial charge in [-0.2, -0.15) is 0 Å². The lowest BCUT2D eigenvalue weighted by molar-refractivity contribution is -0.140. The van der Waals surface area contributed by atoms with Crippen LogP contribution < -0.4 is 10.4 Å². The third-order valence-corrected chi connectivity index (χ3v) is 4.72. The number of esters is 1. The second-order valence-corrected chi connectivity index (χ2v) is 6.68. The van der Waals surface area contributed by atoms with E-state index < -0.39 is 23.3 Å². The van der Waals surface area contributed by atoms with Gasteiger partial charge in [0.15, 0.2) is 0 Å². The Kier molecular flexibility index (Phi) is 4.05. The molecule has 2 aliphatic rings. The van der Waals surface area contributed by atoms with Crippen LogP contribution in [0, 0.1) is 0 Å². The molecule has 0 aliphatic carbocycles. The summed E-state index contributed by atoms with van der Waals surface area (Å²) in [5.41, 5.74) is -0.108. The summed E-state index contributed by atoms with van der Waals surface area (Å²) in [5, 5.41) is 9.89. The van der Waals surface area contributed by atoms with Crippen LogP contribution in [-0.4, -0.2) is 42.1 Å². The molecule has 7 nitrogen and oxygen atoms in total. The van der Waals surface area contributed by atoms with E-state index in [9.17, 15) is 9.59 Å². The molecule has 1 aromatic carbocycles. The Morgan fingerprint density at radius 3 is 2.81 bits per heavy atom. The highest BCUT2D eigenvalue weighted by Gasteiger charge is 2.54. The SMILES string of the molecule is C[C@]1(C[C@@H]2C=C(CO)C(=O)O2)O[C@@H]1COc1ccc2ccc(=O)oc2c1. The van der Waals surface area contributed by atoms with E-state index in [1.54, 1.807) is 24.3 Å². The highest BCUT2D eigenvalue weighted by atomic mass is 16.6. The largest absolute Gasteiger partial charge is 0.491 e. The van der Waals surface area contributed by atoms with Crippen LogP contribution >= 0.6 is 0 Å². The number of rotatable bonds is 6. The van der Waals surface area contributed by atoms with E-state index in [4.69, 9.17) is 23.7 Å². The second kappa shape index (κ2) is 6.26. The molecule has 1 fully saturated rings. The van der Waals surface area contributed by atoms with Gasteiger partial charge in [0, 0.05) is 23.9 Å². The van der Waals surface area contributed by atoms with Gasteiger partial charge in [-0.25, -0.2) is 9.59 Å². The Morgan fingerprint density at radius 1 is 1.23 bits per heavy atom. The number of epoxide rings is 1. The van der Waals surface area contributed by atoms with Crippen molar-refractivity contribution in [3.8, 4) is 5.75 Å². The normalized spacial score (nSPS) is 27.3. The molecule has 0 amide bonds. The van der Waals surface area contributed by atoms with Crippen molar-refractivity contribution in [2.24, 2.45) is 0 Å². The molecule has 7 heteroatoms. The third-order valence-electron chi connectivity index (χ3n) is 4.72. The van der Waals surface area contributed by atoms with Gasteiger partial charge in [-0.15, -0.1) is 0 Å². The predicted octanol–water partition coefficient (Wildman–Crippen LogP) is 1.56. The van der Waals surface area contributed by atoms with E-state index in [0.29, 0.717) is 24.4 Å². The van der Waals surface area contributed by atoms with Gasteiger partial charge in [-0.05, 0) is 31.2 Å². The van der Waals surface area contributed by atoms with Gasteiger partial charge in [-0.1, -0.05) is 0 Å². The van der Waals surface area contributed by atoms with Gasteiger partial charge in [0.2, 0.25) is 0 Å². The lowest BCUT2D eigenvalue weighted by Crippen LogP contribution is -2.22. The van der Waals surface area contributed by atoms with Crippen LogP contribution in [0.5, 0.6) is 5.75 Å². The van der Waals surface area contributed by atoms with Gasteiger partial charge in [0.05, 0.1) is 17.8 Å². The van der Waals surface area contributed by atoms with Crippen molar-refractivity contribution in [1.82, 2.24) is 0 Å². The molecule has 0 spiro atoms. The Bertz CT molecular complexity index is 944. The van der Waals surface area contributed by atoms with Crippen LogP contribution in [0.15, 0.2) is 51.2 Å². The van der Waals surface area contributed by atoms with E-state index in [-0.39, 0.29) is 18.3 Å². The van der Waals surface area contributed by atoms with E-state index in [2.05, 4.69) is 0 Å². The van der Waals surface area contributed by atoms with Crippen molar-refractivity contribution in [2.45, 2.75) is 31.2 Å². The van der Waals surface area contributed by atoms with Gasteiger partial charge in [-0.3, -0.25) is 0 Å². The molecule has 1 N–H and O–H groups in total. The Balaban J connectivity index is 1.35. The first-order valence-corrected chi connectivity index (χ1v) is 8.34. The van der Waals surface area contributed by atoms with E-state index in [1.165, 1.54) is 6.07 Å². The molecule has 4 rings (SSSR count). The average Bonchev–Trinajstić information content (AvgIpc) is 3.11. The highest BCUT2D eigenvalue weighted by molar-refractivity contribution is 5.91. The number of aliphatic hydroxyl groups is 1. The lowest BCUT2D eigenvalue weighted by Gasteiger charge is -2.12. The summed E-state index contributed by atoms with van der Waals surface area (Å²) in [6.07, 6.45) is 1.61. The highest BCUT2D eigenvalue weighted by Crippen LogP contribution is 2.42. The molecule has 136 valence electrons. The fourth-order valence-corrected chi connectivity index (χ4v) is 3.14. The molecule has 0 bridgehead atoms. The molecule has 3 heterocycles. The zero-order valence-corrected chi connectivity index (χ0v) is 14.1. The zero-order valence-electron chi connectivity index (χ0n) is 14.1. The second-order valence-electron chi connectivity index (χ2n) is 6.68. The molecular formula is C19H18O7. The van der Waals surface area contributed by atoms with Gasteiger partial charge in [0.25, 0.3) is 0 Å². The number of hydrogen-bond acceptors (Lipinski definition) is 7. The summed E-state index contributed by atoms with van der Waals surface area (Å²) in [4.78, 5) is 22.8. The fourth-order valence-electron chi connectivity index (χ4n) is 3.14. The lowest BCUT2D eigenvalue weighted by atomic mass is 9.99. The standard InChI is InChI=1S/C19H18O7/c1-19(8-14-6-12(9-20)18(22)24-14)16(26-19)10-23-13-4-2-11-3-5-17(21)25-15(11)7-13/h2-7,14,16,20H,8-10H2,1H3/t14-,16+,19+/m0/s1. The predicted molar refractivity (Wildman–Crippen MR) is 90.9 cm³/mol. The van der Waals surface area contributed by atoms with Gasteiger partial charge in [0.1, 0.15) is 30.1 Å². The molecule has 1 aromatic heterocycles. The average molecular weight is 358 g/mol. The number of ether oxygens (including phenoxy) is 3.